The fraction of sp³-hybridized carbons (Fsp3) is 0.786. The van der Waals surface area contributed by atoms with Gasteiger partial charge in [-0.05, 0) is 47.1 Å². The monoisotopic (exact) mass is 316 g/mol. The first-order valence-electron chi connectivity index (χ1n) is 7.32. The molecule has 0 unspecified atom stereocenters. The average Bonchev–Trinajstić information content (AvgIpc) is 2.70. The molecule has 0 aliphatic rings. The van der Waals surface area contributed by atoms with Crippen LogP contribution in [0.1, 0.15) is 45.0 Å². The highest BCUT2D eigenvalue weighted by molar-refractivity contribution is 7.89. The molecule has 0 saturated carbocycles. The summed E-state index contributed by atoms with van der Waals surface area (Å²) >= 11 is 0. The van der Waals surface area contributed by atoms with Gasteiger partial charge in [0.1, 0.15) is 4.90 Å². The van der Waals surface area contributed by atoms with Crippen LogP contribution in [0.3, 0.4) is 0 Å². The third kappa shape index (κ3) is 3.46. The van der Waals surface area contributed by atoms with Crippen LogP contribution >= 0.6 is 0 Å². The van der Waals surface area contributed by atoms with Crippen LogP contribution in [0, 0.1) is 13.8 Å². The van der Waals surface area contributed by atoms with Gasteiger partial charge in [0.05, 0.1) is 11.4 Å². The Labute approximate surface area is 128 Å². The molecule has 0 atom stereocenters. The summed E-state index contributed by atoms with van der Waals surface area (Å²) in [5.74, 6) is 0. The molecule has 0 radical (unpaired) electrons. The molecular formula is C14H28N4O2S. The molecule has 0 saturated heterocycles. The Morgan fingerprint density at radius 1 is 1.33 bits per heavy atom. The van der Waals surface area contributed by atoms with E-state index < -0.39 is 15.6 Å². The van der Waals surface area contributed by atoms with Crippen molar-refractivity contribution in [3.05, 3.63) is 11.4 Å². The van der Waals surface area contributed by atoms with Crippen molar-refractivity contribution in [2.24, 2.45) is 5.73 Å². The van der Waals surface area contributed by atoms with Gasteiger partial charge in [-0.1, -0.05) is 6.92 Å². The van der Waals surface area contributed by atoms with Crippen LogP contribution in [-0.4, -0.2) is 41.6 Å². The Hall–Kier alpha value is -0.920. The molecule has 1 heterocycles. The molecule has 0 aliphatic heterocycles. The zero-order valence-electron chi connectivity index (χ0n) is 14.0. The first kappa shape index (κ1) is 18.1. The van der Waals surface area contributed by atoms with Crippen LogP contribution in [0.4, 0.5) is 0 Å². The maximum Gasteiger partial charge on any atom is 0.246 e. The molecule has 0 aromatic carbocycles. The zero-order valence-corrected chi connectivity index (χ0v) is 14.8. The number of aromatic nitrogens is 2. The molecule has 0 spiro atoms. The minimum absolute atomic E-state index is 0.323. The Kier molecular flexibility index (Phi) is 5.57. The SMILES string of the molecule is CCC(C)(C)N(C)S(=O)(=O)c1c(C)nn(CCCN)c1C. The Morgan fingerprint density at radius 2 is 1.90 bits per heavy atom. The lowest BCUT2D eigenvalue weighted by Crippen LogP contribution is -2.44. The van der Waals surface area contributed by atoms with Gasteiger partial charge in [0, 0.05) is 19.1 Å². The van der Waals surface area contributed by atoms with Gasteiger partial charge in [-0.2, -0.15) is 9.40 Å². The molecule has 1 aromatic rings. The molecule has 0 bridgehead atoms. The maximum atomic E-state index is 12.9. The second-order valence-electron chi connectivity index (χ2n) is 6.00. The molecule has 0 fully saturated rings. The lowest BCUT2D eigenvalue weighted by atomic mass is 10.0. The first-order chi connectivity index (χ1) is 9.59. The topological polar surface area (TPSA) is 81.2 Å². The van der Waals surface area contributed by atoms with Crippen LogP contribution in [0.5, 0.6) is 0 Å². The predicted molar refractivity (Wildman–Crippen MR) is 84.7 cm³/mol. The fourth-order valence-corrected chi connectivity index (χ4v) is 4.14. The third-order valence-corrected chi connectivity index (χ3v) is 6.55. The number of nitrogens with zero attached hydrogens (tertiary/aromatic N) is 3. The summed E-state index contributed by atoms with van der Waals surface area (Å²) in [4.78, 5) is 0.323. The quantitative estimate of drug-likeness (QED) is 0.829. The molecule has 0 amide bonds. The standard InChI is InChI=1S/C14H28N4O2S/c1-7-14(4,5)17(6)21(19,20)13-11(2)16-18(12(13)3)10-8-9-15/h7-10,15H2,1-6H3. The van der Waals surface area contributed by atoms with E-state index in [1.807, 2.05) is 20.8 Å². The predicted octanol–water partition coefficient (Wildman–Crippen LogP) is 1.66. The molecule has 6 nitrogen and oxygen atoms in total. The number of aryl methyl sites for hydroxylation is 2. The average molecular weight is 316 g/mol. The highest BCUT2D eigenvalue weighted by atomic mass is 32.2. The Bertz CT molecular complexity index is 590. The summed E-state index contributed by atoms with van der Waals surface area (Å²) in [6, 6.07) is 0. The van der Waals surface area contributed by atoms with E-state index in [0.717, 1.165) is 12.8 Å². The fourth-order valence-electron chi connectivity index (χ4n) is 2.20. The van der Waals surface area contributed by atoms with Gasteiger partial charge in [0.25, 0.3) is 0 Å². The highest BCUT2D eigenvalue weighted by Crippen LogP contribution is 2.29. The van der Waals surface area contributed by atoms with Gasteiger partial charge < -0.3 is 5.73 Å². The molecule has 21 heavy (non-hydrogen) atoms. The van der Waals surface area contributed by atoms with E-state index >= 15 is 0 Å². The summed E-state index contributed by atoms with van der Waals surface area (Å²) in [6.45, 7) is 10.6. The molecule has 0 aliphatic carbocycles. The first-order valence-corrected chi connectivity index (χ1v) is 8.76. The lowest BCUT2D eigenvalue weighted by molar-refractivity contribution is 0.257. The largest absolute Gasteiger partial charge is 0.330 e. The number of rotatable bonds is 7. The van der Waals surface area contributed by atoms with E-state index in [2.05, 4.69) is 5.10 Å². The van der Waals surface area contributed by atoms with Crippen molar-refractivity contribution in [2.75, 3.05) is 13.6 Å². The van der Waals surface area contributed by atoms with Crippen molar-refractivity contribution in [1.29, 1.82) is 0 Å². The molecular weight excluding hydrogens is 288 g/mol. The zero-order chi connectivity index (χ0) is 16.4. The molecule has 7 heteroatoms. The summed E-state index contributed by atoms with van der Waals surface area (Å²) in [5.41, 5.74) is 6.30. The van der Waals surface area contributed by atoms with Gasteiger partial charge in [0.2, 0.25) is 10.0 Å². The van der Waals surface area contributed by atoms with Gasteiger partial charge in [-0.25, -0.2) is 8.42 Å². The second kappa shape index (κ2) is 6.46. The van der Waals surface area contributed by atoms with Crippen LogP contribution < -0.4 is 5.73 Å². The van der Waals surface area contributed by atoms with E-state index in [-0.39, 0.29) is 0 Å². The Balaban J connectivity index is 3.30. The van der Waals surface area contributed by atoms with Gasteiger partial charge in [-0.3, -0.25) is 4.68 Å². The van der Waals surface area contributed by atoms with Crippen LogP contribution in [0.25, 0.3) is 0 Å². The maximum absolute atomic E-state index is 12.9. The number of sulfonamides is 1. The highest BCUT2D eigenvalue weighted by Gasteiger charge is 2.36. The van der Waals surface area contributed by atoms with Gasteiger partial charge >= 0.3 is 0 Å². The second-order valence-corrected chi connectivity index (χ2v) is 7.91. The summed E-state index contributed by atoms with van der Waals surface area (Å²) in [5, 5.41) is 4.36. The van der Waals surface area contributed by atoms with Gasteiger partial charge in [0.15, 0.2) is 0 Å². The third-order valence-electron chi connectivity index (χ3n) is 4.23. The minimum Gasteiger partial charge on any atom is -0.330 e. The number of hydrogen-bond donors (Lipinski definition) is 1. The van der Waals surface area contributed by atoms with Crippen molar-refractivity contribution in [2.45, 2.75) is 64.4 Å². The smallest absolute Gasteiger partial charge is 0.246 e. The van der Waals surface area contributed by atoms with E-state index in [9.17, 15) is 8.42 Å². The minimum atomic E-state index is -3.56. The van der Waals surface area contributed by atoms with E-state index in [4.69, 9.17) is 5.73 Å². The summed E-state index contributed by atoms with van der Waals surface area (Å²) in [7, 11) is -1.92. The van der Waals surface area contributed by atoms with Crippen LogP contribution in [0.15, 0.2) is 4.90 Å². The summed E-state index contributed by atoms with van der Waals surface area (Å²) in [6.07, 6.45) is 1.51. The van der Waals surface area contributed by atoms with Crippen molar-refractivity contribution in [3.8, 4) is 0 Å². The number of hydrogen-bond acceptors (Lipinski definition) is 4. The normalized spacial score (nSPS) is 13.1. The molecule has 1 aromatic heterocycles. The van der Waals surface area contributed by atoms with Crippen LogP contribution in [-0.2, 0) is 16.6 Å². The summed E-state index contributed by atoms with van der Waals surface area (Å²) < 4.78 is 29.0. The van der Waals surface area contributed by atoms with Gasteiger partial charge in [-0.15, -0.1) is 0 Å². The van der Waals surface area contributed by atoms with E-state index in [1.54, 1.807) is 25.6 Å². The molecule has 1 rings (SSSR count). The Morgan fingerprint density at radius 3 is 2.38 bits per heavy atom. The van der Waals surface area contributed by atoms with Crippen molar-refractivity contribution >= 4 is 10.0 Å². The number of nitrogens with two attached hydrogens (primary N) is 1. The molecule has 122 valence electrons. The van der Waals surface area contributed by atoms with Crippen LogP contribution in [0.2, 0.25) is 0 Å². The molecule has 2 N–H and O–H groups in total. The van der Waals surface area contributed by atoms with Crippen molar-refractivity contribution < 1.29 is 8.42 Å². The lowest BCUT2D eigenvalue weighted by Gasteiger charge is -2.33. The van der Waals surface area contributed by atoms with E-state index in [0.29, 0.717) is 29.4 Å². The van der Waals surface area contributed by atoms with E-state index in [1.165, 1.54) is 4.31 Å². The van der Waals surface area contributed by atoms with Crippen molar-refractivity contribution in [3.63, 3.8) is 0 Å². The van der Waals surface area contributed by atoms with Crippen molar-refractivity contribution in [1.82, 2.24) is 14.1 Å².